The molecule has 0 heterocycles. The van der Waals surface area contributed by atoms with Crippen molar-refractivity contribution in [3.8, 4) is 5.75 Å². The van der Waals surface area contributed by atoms with Crippen molar-refractivity contribution in [3.63, 3.8) is 0 Å². The molecule has 0 spiro atoms. The summed E-state index contributed by atoms with van der Waals surface area (Å²) in [7, 11) is 4.07. The predicted octanol–water partition coefficient (Wildman–Crippen LogP) is 4.14. The van der Waals surface area contributed by atoms with Crippen LogP contribution in [-0.4, -0.2) is 19.2 Å². The lowest BCUT2D eigenvalue weighted by molar-refractivity contribution is 0.469. The van der Waals surface area contributed by atoms with Crippen LogP contribution in [0.15, 0.2) is 40.9 Å². The Bertz CT molecular complexity index is 611. The summed E-state index contributed by atoms with van der Waals surface area (Å²) >= 11 is 3.42. The minimum Gasteiger partial charge on any atom is -0.508 e. The fourth-order valence-electron chi connectivity index (χ4n) is 2.09. The molecular formula is C16H19BrN2O. The van der Waals surface area contributed by atoms with Gasteiger partial charge in [-0.2, -0.15) is 0 Å². The van der Waals surface area contributed by atoms with Crippen molar-refractivity contribution in [3.05, 3.63) is 52.0 Å². The molecule has 2 N–H and O–H groups in total. The first-order valence-electron chi connectivity index (χ1n) is 6.46. The lowest BCUT2D eigenvalue weighted by Gasteiger charge is -2.17. The highest BCUT2D eigenvalue weighted by molar-refractivity contribution is 9.10. The molecule has 0 aromatic heterocycles. The van der Waals surface area contributed by atoms with E-state index >= 15 is 0 Å². The van der Waals surface area contributed by atoms with Crippen LogP contribution < -0.4 is 10.2 Å². The van der Waals surface area contributed by atoms with E-state index in [1.54, 1.807) is 6.07 Å². The zero-order valence-electron chi connectivity index (χ0n) is 11.9. The van der Waals surface area contributed by atoms with Gasteiger partial charge in [0.05, 0.1) is 0 Å². The molecule has 2 aromatic rings. The van der Waals surface area contributed by atoms with E-state index in [2.05, 4.69) is 51.3 Å². The van der Waals surface area contributed by atoms with Crippen molar-refractivity contribution < 1.29 is 5.11 Å². The molecular weight excluding hydrogens is 316 g/mol. The summed E-state index contributed by atoms with van der Waals surface area (Å²) in [6.07, 6.45) is 0. The van der Waals surface area contributed by atoms with Gasteiger partial charge in [-0.25, -0.2) is 0 Å². The molecule has 0 aliphatic carbocycles. The lowest BCUT2D eigenvalue weighted by Crippen LogP contribution is -2.11. The molecule has 0 atom stereocenters. The van der Waals surface area contributed by atoms with E-state index in [1.165, 1.54) is 11.3 Å². The maximum Gasteiger partial charge on any atom is 0.120 e. The number of hydrogen-bond acceptors (Lipinski definition) is 3. The van der Waals surface area contributed by atoms with Crippen molar-refractivity contribution in [2.75, 3.05) is 24.3 Å². The van der Waals surface area contributed by atoms with Crippen LogP contribution >= 0.6 is 15.9 Å². The van der Waals surface area contributed by atoms with Gasteiger partial charge in [0.1, 0.15) is 5.75 Å². The number of rotatable bonds is 4. The maximum atomic E-state index is 9.83. The Balaban J connectivity index is 2.15. The molecule has 0 unspecified atom stereocenters. The van der Waals surface area contributed by atoms with Crippen molar-refractivity contribution >= 4 is 27.3 Å². The molecule has 3 nitrogen and oxygen atoms in total. The van der Waals surface area contributed by atoms with Crippen molar-refractivity contribution in [1.82, 2.24) is 0 Å². The van der Waals surface area contributed by atoms with Crippen molar-refractivity contribution in [2.24, 2.45) is 0 Å². The fraction of sp³-hybridized carbons (Fsp3) is 0.250. The Morgan fingerprint density at radius 2 is 1.90 bits per heavy atom. The summed E-state index contributed by atoms with van der Waals surface area (Å²) < 4.78 is 0.963. The number of phenols is 1. The summed E-state index contributed by atoms with van der Waals surface area (Å²) in [5.74, 6) is 0.306. The van der Waals surface area contributed by atoms with E-state index in [1.807, 2.05) is 26.2 Å². The second-order valence-corrected chi connectivity index (χ2v) is 5.94. The summed E-state index contributed by atoms with van der Waals surface area (Å²) in [6, 6.07) is 11.7. The molecule has 2 aromatic carbocycles. The first kappa shape index (κ1) is 14.7. The molecule has 0 saturated heterocycles. The van der Waals surface area contributed by atoms with Crippen LogP contribution in [0.25, 0.3) is 0 Å². The zero-order valence-corrected chi connectivity index (χ0v) is 13.5. The highest BCUT2D eigenvalue weighted by Gasteiger charge is 2.05. The molecule has 106 valence electrons. The van der Waals surface area contributed by atoms with Crippen LogP contribution in [0.1, 0.15) is 11.1 Å². The monoisotopic (exact) mass is 334 g/mol. The number of benzene rings is 2. The summed E-state index contributed by atoms with van der Waals surface area (Å²) in [6.45, 7) is 2.68. The van der Waals surface area contributed by atoms with Crippen molar-refractivity contribution in [1.29, 1.82) is 0 Å². The Labute approximate surface area is 128 Å². The topological polar surface area (TPSA) is 35.5 Å². The standard InChI is InChI=1S/C16H19BrN2O/c1-11-4-6-14(9-15(11)19(2)3)18-10-12-8-13(17)5-7-16(12)20/h4-9,18,20H,10H2,1-3H3. The van der Waals surface area contributed by atoms with Gasteiger partial charge in [-0.1, -0.05) is 22.0 Å². The smallest absolute Gasteiger partial charge is 0.120 e. The molecule has 0 amide bonds. The third-order valence-electron chi connectivity index (χ3n) is 3.22. The highest BCUT2D eigenvalue weighted by atomic mass is 79.9. The molecule has 2 rings (SSSR count). The van der Waals surface area contributed by atoms with E-state index in [4.69, 9.17) is 0 Å². The van der Waals surface area contributed by atoms with E-state index in [0.717, 1.165) is 15.7 Å². The third-order valence-corrected chi connectivity index (χ3v) is 3.71. The zero-order chi connectivity index (χ0) is 14.7. The van der Waals surface area contributed by atoms with Gasteiger partial charge in [-0.05, 0) is 42.8 Å². The van der Waals surface area contributed by atoms with Gasteiger partial charge in [0.25, 0.3) is 0 Å². The molecule has 0 radical (unpaired) electrons. The number of aromatic hydroxyl groups is 1. The second-order valence-electron chi connectivity index (χ2n) is 5.02. The van der Waals surface area contributed by atoms with Gasteiger partial charge in [0.15, 0.2) is 0 Å². The number of aryl methyl sites for hydroxylation is 1. The minimum absolute atomic E-state index is 0.306. The first-order chi connectivity index (χ1) is 9.47. The largest absolute Gasteiger partial charge is 0.508 e. The number of hydrogen-bond donors (Lipinski definition) is 2. The molecule has 0 bridgehead atoms. The quantitative estimate of drug-likeness (QED) is 0.881. The molecule has 0 aliphatic rings. The summed E-state index contributed by atoms with van der Waals surface area (Å²) in [4.78, 5) is 2.09. The van der Waals surface area contributed by atoms with Crippen molar-refractivity contribution in [2.45, 2.75) is 13.5 Å². The predicted molar refractivity (Wildman–Crippen MR) is 88.6 cm³/mol. The molecule has 0 aliphatic heterocycles. The second kappa shape index (κ2) is 6.18. The Kier molecular flexibility index (Phi) is 4.55. The third kappa shape index (κ3) is 3.45. The maximum absolute atomic E-state index is 9.83. The molecule has 0 saturated carbocycles. The van der Waals surface area contributed by atoms with Crippen LogP contribution in [0.5, 0.6) is 5.75 Å². The minimum atomic E-state index is 0.306. The number of phenolic OH excluding ortho intramolecular Hbond substituents is 1. The van der Waals surface area contributed by atoms with Crippen LogP contribution in [0.2, 0.25) is 0 Å². The van der Waals surface area contributed by atoms with Crippen LogP contribution in [-0.2, 0) is 6.54 Å². The number of anilines is 2. The van der Waals surface area contributed by atoms with Gasteiger partial charge in [0.2, 0.25) is 0 Å². The average Bonchev–Trinajstić information content (AvgIpc) is 2.41. The molecule has 20 heavy (non-hydrogen) atoms. The van der Waals surface area contributed by atoms with Gasteiger partial charge < -0.3 is 15.3 Å². The number of nitrogens with one attached hydrogen (secondary N) is 1. The normalized spacial score (nSPS) is 10.4. The Morgan fingerprint density at radius 1 is 1.15 bits per heavy atom. The summed E-state index contributed by atoms with van der Waals surface area (Å²) in [5, 5.41) is 13.2. The van der Waals surface area contributed by atoms with E-state index in [9.17, 15) is 5.11 Å². The van der Waals surface area contributed by atoms with Gasteiger partial charge in [-0.15, -0.1) is 0 Å². The van der Waals surface area contributed by atoms with E-state index in [-0.39, 0.29) is 0 Å². The molecule has 4 heteroatoms. The van der Waals surface area contributed by atoms with Gasteiger partial charge in [0, 0.05) is 42.1 Å². The molecule has 0 fully saturated rings. The highest BCUT2D eigenvalue weighted by Crippen LogP contribution is 2.25. The first-order valence-corrected chi connectivity index (χ1v) is 7.26. The van der Waals surface area contributed by atoms with Crippen LogP contribution in [0.3, 0.4) is 0 Å². The Hall–Kier alpha value is -1.68. The van der Waals surface area contributed by atoms with Gasteiger partial charge in [-0.3, -0.25) is 0 Å². The lowest BCUT2D eigenvalue weighted by atomic mass is 10.1. The van der Waals surface area contributed by atoms with Gasteiger partial charge >= 0.3 is 0 Å². The van der Waals surface area contributed by atoms with Crippen LogP contribution in [0, 0.1) is 6.92 Å². The fourth-order valence-corrected chi connectivity index (χ4v) is 2.50. The Morgan fingerprint density at radius 3 is 2.60 bits per heavy atom. The number of halogens is 1. The van der Waals surface area contributed by atoms with E-state index in [0.29, 0.717) is 12.3 Å². The SMILES string of the molecule is Cc1ccc(NCc2cc(Br)ccc2O)cc1N(C)C. The summed E-state index contributed by atoms with van der Waals surface area (Å²) in [5.41, 5.74) is 4.34. The van der Waals surface area contributed by atoms with Crippen LogP contribution in [0.4, 0.5) is 11.4 Å². The van der Waals surface area contributed by atoms with E-state index < -0.39 is 0 Å². The number of nitrogens with zero attached hydrogens (tertiary/aromatic N) is 1. The average molecular weight is 335 g/mol.